The predicted molar refractivity (Wildman–Crippen MR) is 132 cm³/mol. The number of amides is 1. The van der Waals surface area contributed by atoms with E-state index in [0.29, 0.717) is 16.8 Å². The van der Waals surface area contributed by atoms with E-state index in [1.165, 1.54) is 24.0 Å². The molecule has 3 aromatic carbocycles. The van der Waals surface area contributed by atoms with Crippen LogP contribution in [0.15, 0.2) is 71.6 Å². The molecule has 0 spiro atoms. The van der Waals surface area contributed by atoms with Crippen LogP contribution in [0.2, 0.25) is 0 Å². The summed E-state index contributed by atoms with van der Waals surface area (Å²) in [5, 5.41) is 3.15. The Balaban J connectivity index is 1.49. The Morgan fingerprint density at radius 3 is 2.36 bits per heavy atom. The number of aryl methyl sites for hydroxylation is 3. The van der Waals surface area contributed by atoms with Crippen LogP contribution in [0, 0.1) is 6.92 Å². The van der Waals surface area contributed by atoms with E-state index >= 15 is 0 Å². The summed E-state index contributed by atoms with van der Waals surface area (Å²) in [5.41, 5.74) is 5.61. The van der Waals surface area contributed by atoms with E-state index in [2.05, 4.69) is 35.2 Å². The zero-order valence-electron chi connectivity index (χ0n) is 19.1. The van der Waals surface area contributed by atoms with Gasteiger partial charge in [0.05, 0.1) is 16.6 Å². The predicted octanol–water partition coefficient (Wildman–Crippen LogP) is 5.56. The molecule has 0 aliphatic heterocycles. The number of carbonyl (C=O) groups excluding carboxylic acids is 1. The molecule has 172 valence electrons. The summed E-state index contributed by atoms with van der Waals surface area (Å²) in [4.78, 5) is 13.2. The van der Waals surface area contributed by atoms with Gasteiger partial charge in [-0.1, -0.05) is 43.3 Å². The van der Waals surface area contributed by atoms with Crippen LogP contribution in [-0.2, 0) is 22.9 Å². The van der Waals surface area contributed by atoms with E-state index in [-0.39, 0.29) is 16.8 Å². The fourth-order valence-electron chi connectivity index (χ4n) is 4.36. The van der Waals surface area contributed by atoms with Crippen LogP contribution in [0.5, 0.6) is 0 Å². The first-order valence-corrected chi connectivity index (χ1v) is 13.0. The molecule has 1 aliphatic rings. The number of fused-ring (bicyclic) bond motifs is 1. The van der Waals surface area contributed by atoms with Gasteiger partial charge in [0.15, 0.2) is 0 Å². The van der Waals surface area contributed by atoms with Crippen molar-refractivity contribution >= 4 is 21.6 Å². The topological polar surface area (TPSA) is 75.3 Å². The third-order valence-corrected chi connectivity index (χ3v) is 7.66. The summed E-state index contributed by atoms with van der Waals surface area (Å²) in [6.45, 7) is 3.86. The minimum absolute atomic E-state index is 0.0682. The van der Waals surface area contributed by atoms with Crippen LogP contribution < -0.4 is 10.0 Å². The summed E-state index contributed by atoms with van der Waals surface area (Å²) >= 11 is 0. The van der Waals surface area contributed by atoms with Crippen molar-refractivity contribution in [1.29, 1.82) is 0 Å². The van der Waals surface area contributed by atoms with E-state index in [0.717, 1.165) is 24.8 Å². The van der Waals surface area contributed by atoms with E-state index < -0.39 is 10.0 Å². The fraction of sp³-hybridized carbons (Fsp3) is 0.296. The lowest BCUT2D eigenvalue weighted by atomic mass is 9.88. The van der Waals surface area contributed by atoms with Gasteiger partial charge in [0.2, 0.25) is 0 Å². The summed E-state index contributed by atoms with van der Waals surface area (Å²) in [5.74, 6) is -0.167. The molecule has 0 unspecified atom stereocenters. The van der Waals surface area contributed by atoms with E-state index in [1.807, 2.05) is 0 Å². The molecule has 0 aromatic heterocycles. The third-order valence-electron chi connectivity index (χ3n) is 6.27. The number of anilines is 1. The highest BCUT2D eigenvalue weighted by Crippen LogP contribution is 2.27. The third kappa shape index (κ3) is 5.28. The molecule has 4 rings (SSSR count). The lowest BCUT2D eigenvalue weighted by Crippen LogP contribution is -2.28. The van der Waals surface area contributed by atoms with Crippen molar-refractivity contribution in [2.24, 2.45) is 0 Å². The molecule has 0 saturated heterocycles. The van der Waals surface area contributed by atoms with Crippen molar-refractivity contribution in [3.8, 4) is 0 Å². The van der Waals surface area contributed by atoms with Gasteiger partial charge in [-0.05, 0) is 91.6 Å². The van der Waals surface area contributed by atoms with E-state index in [1.54, 1.807) is 55.5 Å². The number of carbonyl (C=O) groups is 1. The molecule has 5 nitrogen and oxygen atoms in total. The van der Waals surface area contributed by atoms with E-state index in [9.17, 15) is 13.2 Å². The second-order valence-corrected chi connectivity index (χ2v) is 10.3. The summed E-state index contributed by atoms with van der Waals surface area (Å²) in [7, 11) is -3.69. The Morgan fingerprint density at radius 2 is 1.67 bits per heavy atom. The van der Waals surface area contributed by atoms with Crippen LogP contribution in [-0.4, -0.2) is 14.3 Å². The fourth-order valence-corrected chi connectivity index (χ4v) is 5.51. The lowest BCUT2D eigenvalue weighted by molar-refractivity contribution is 0.0935. The van der Waals surface area contributed by atoms with Gasteiger partial charge >= 0.3 is 0 Å². The number of hydrogen-bond donors (Lipinski definition) is 2. The highest BCUT2D eigenvalue weighted by molar-refractivity contribution is 7.92. The number of benzene rings is 3. The molecule has 2 N–H and O–H groups in total. The van der Waals surface area contributed by atoms with Gasteiger partial charge in [-0.25, -0.2) is 8.42 Å². The van der Waals surface area contributed by atoms with Gasteiger partial charge in [0, 0.05) is 5.56 Å². The standard InChI is InChI=1S/C27H30N2O3S/c1-3-25(22-14-13-20-9-7-8-10-21(20)18-22)28-27(30)23-15-16-26(19(2)17-23)29-33(31,32)24-11-5-4-6-12-24/h4-6,11-18,25,29H,3,7-10H2,1-2H3,(H,28,30)/t25-/m0/s1. The first-order chi connectivity index (χ1) is 15.9. The molecular formula is C27H30N2O3S. The van der Waals surface area contributed by atoms with Gasteiger partial charge in [-0.15, -0.1) is 0 Å². The molecule has 33 heavy (non-hydrogen) atoms. The Labute approximate surface area is 196 Å². The maximum Gasteiger partial charge on any atom is 0.261 e. The first kappa shape index (κ1) is 23.1. The Hall–Kier alpha value is -3.12. The highest BCUT2D eigenvalue weighted by atomic mass is 32.2. The maximum atomic E-state index is 13.0. The van der Waals surface area contributed by atoms with Crippen molar-refractivity contribution in [3.05, 3.63) is 94.5 Å². The van der Waals surface area contributed by atoms with Crippen LogP contribution in [0.4, 0.5) is 5.69 Å². The maximum absolute atomic E-state index is 13.0. The zero-order chi connectivity index (χ0) is 23.4. The molecule has 0 bridgehead atoms. The van der Waals surface area contributed by atoms with Crippen LogP contribution in [0.25, 0.3) is 0 Å². The highest BCUT2D eigenvalue weighted by Gasteiger charge is 2.19. The largest absolute Gasteiger partial charge is 0.345 e. The summed E-state index contributed by atoms with van der Waals surface area (Å²) < 4.78 is 27.9. The van der Waals surface area contributed by atoms with Gasteiger partial charge in [0.25, 0.3) is 15.9 Å². The lowest BCUT2D eigenvalue weighted by Gasteiger charge is -2.22. The number of nitrogens with one attached hydrogen (secondary N) is 2. The van der Waals surface area contributed by atoms with Crippen molar-refractivity contribution in [1.82, 2.24) is 5.32 Å². The van der Waals surface area contributed by atoms with Gasteiger partial charge in [-0.2, -0.15) is 0 Å². The molecule has 0 radical (unpaired) electrons. The zero-order valence-corrected chi connectivity index (χ0v) is 19.9. The van der Waals surface area contributed by atoms with Gasteiger partial charge in [0.1, 0.15) is 0 Å². The molecular weight excluding hydrogens is 432 g/mol. The van der Waals surface area contributed by atoms with Crippen molar-refractivity contribution in [2.45, 2.75) is 56.9 Å². The van der Waals surface area contributed by atoms with Crippen LogP contribution >= 0.6 is 0 Å². The quantitative estimate of drug-likeness (QED) is 0.483. The Morgan fingerprint density at radius 1 is 0.939 bits per heavy atom. The SMILES string of the molecule is CC[C@H](NC(=O)c1ccc(NS(=O)(=O)c2ccccc2)c(C)c1)c1ccc2c(c1)CCCC2. The Kier molecular flexibility index (Phi) is 6.84. The minimum Gasteiger partial charge on any atom is -0.345 e. The molecule has 3 aromatic rings. The van der Waals surface area contributed by atoms with Gasteiger partial charge < -0.3 is 5.32 Å². The van der Waals surface area contributed by atoms with Gasteiger partial charge in [-0.3, -0.25) is 9.52 Å². The summed E-state index contributed by atoms with van der Waals surface area (Å²) in [6.07, 6.45) is 5.50. The van der Waals surface area contributed by atoms with Crippen molar-refractivity contribution < 1.29 is 13.2 Å². The number of hydrogen-bond acceptors (Lipinski definition) is 3. The Bertz CT molecular complexity index is 1250. The molecule has 0 heterocycles. The molecule has 6 heteroatoms. The van der Waals surface area contributed by atoms with Crippen LogP contribution in [0.3, 0.4) is 0 Å². The normalized spacial score (nSPS) is 14.2. The number of sulfonamides is 1. The van der Waals surface area contributed by atoms with Crippen molar-refractivity contribution in [3.63, 3.8) is 0 Å². The molecule has 0 fully saturated rings. The second kappa shape index (κ2) is 9.79. The number of rotatable bonds is 7. The minimum atomic E-state index is -3.69. The average Bonchev–Trinajstić information content (AvgIpc) is 2.83. The monoisotopic (exact) mass is 462 g/mol. The van der Waals surface area contributed by atoms with E-state index in [4.69, 9.17) is 0 Å². The smallest absolute Gasteiger partial charge is 0.261 e. The molecule has 0 saturated carbocycles. The molecule has 1 aliphatic carbocycles. The first-order valence-electron chi connectivity index (χ1n) is 11.5. The molecule has 1 atom stereocenters. The molecule has 1 amide bonds. The van der Waals surface area contributed by atoms with Crippen molar-refractivity contribution in [2.75, 3.05) is 4.72 Å². The average molecular weight is 463 g/mol. The van der Waals surface area contributed by atoms with Crippen LogP contribution in [0.1, 0.15) is 64.8 Å². The summed E-state index contributed by atoms with van der Waals surface area (Å²) in [6, 6.07) is 19.8. The second-order valence-electron chi connectivity index (χ2n) is 8.62.